The quantitative estimate of drug-likeness (QED) is 0.497. The molecule has 0 fully saturated rings. The fourth-order valence-electron chi connectivity index (χ4n) is 2.19. The second-order valence-corrected chi connectivity index (χ2v) is 5.35. The molecule has 2 aromatic rings. The van der Waals surface area contributed by atoms with Crippen molar-refractivity contribution in [2.24, 2.45) is 0 Å². The monoisotopic (exact) mass is 353 g/mol. The van der Waals surface area contributed by atoms with Crippen molar-refractivity contribution in [2.75, 3.05) is 5.73 Å². The highest BCUT2D eigenvalue weighted by atomic mass is 19.4. The fourth-order valence-corrected chi connectivity index (χ4v) is 2.19. The predicted molar refractivity (Wildman–Crippen MR) is 84.8 cm³/mol. The van der Waals surface area contributed by atoms with Crippen molar-refractivity contribution in [3.8, 4) is 0 Å². The Hall–Kier alpha value is -3.10. The summed E-state index contributed by atoms with van der Waals surface area (Å²) in [4.78, 5) is 22.3. The van der Waals surface area contributed by atoms with Crippen LogP contribution >= 0.6 is 0 Å². The second kappa shape index (κ2) is 6.80. The standard InChI is InChI=1S/C16H14F3N3O3/c1-9(10-3-2-4-12(7-10)16(17,18)19)21-15(23)11-5-6-13(20)14(8-11)22(24)25/h2-9H,20H2,1H3,(H,21,23). The molecule has 0 heterocycles. The molecule has 25 heavy (non-hydrogen) atoms. The zero-order valence-corrected chi connectivity index (χ0v) is 13.0. The van der Waals surface area contributed by atoms with Crippen molar-refractivity contribution in [3.05, 3.63) is 69.3 Å². The number of amides is 1. The molecule has 0 radical (unpaired) electrons. The van der Waals surface area contributed by atoms with Crippen molar-refractivity contribution in [1.29, 1.82) is 0 Å². The summed E-state index contributed by atoms with van der Waals surface area (Å²) in [6.07, 6.45) is -4.49. The van der Waals surface area contributed by atoms with Crippen molar-refractivity contribution in [2.45, 2.75) is 19.1 Å². The number of nitrogens with zero attached hydrogens (tertiary/aromatic N) is 1. The minimum Gasteiger partial charge on any atom is -0.393 e. The fraction of sp³-hybridized carbons (Fsp3) is 0.188. The van der Waals surface area contributed by atoms with E-state index in [-0.39, 0.29) is 16.8 Å². The lowest BCUT2D eigenvalue weighted by Crippen LogP contribution is -2.27. The second-order valence-electron chi connectivity index (χ2n) is 5.35. The molecule has 2 aromatic carbocycles. The minimum atomic E-state index is -4.49. The van der Waals surface area contributed by atoms with E-state index in [0.717, 1.165) is 18.2 Å². The molecule has 0 aliphatic heterocycles. The van der Waals surface area contributed by atoms with E-state index in [4.69, 9.17) is 5.73 Å². The van der Waals surface area contributed by atoms with Gasteiger partial charge in [0, 0.05) is 11.6 Å². The van der Waals surface area contributed by atoms with Crippen molar-refractivity contribution in [1.82, 2.24) is 5.32 Å². The molecule has 0 saturated heterocycles. The van der Waals surface area contributed by atoms with E-state index in [0.29, 0.717) is 0 Å². The van der Waals surface area contributed by atoms with Crippen molar-refractivity contribution < 1.29 is 22.9 Å². The topological polar surface area (TPSA) is 98.3 Å². The van der Waals surface area contributed by atoms with Gasteiger partial charge in [-0.05, 0) is 36.8 Å². The van der Waals surface area contributed by atoms with E-state index in [9.17, 15) is 28.1 Å². The molecule has 9 heteroatoms. The molecule has 0 aliphatic rings. The smallest absolute Gasteiger partial charge is 0.393 e. The molecule has 6 nitrogen and oxygen atoms in total. The van der Waals surface area contributed by atoms with Gasteiger partial charge in [-0.2, -0.15) is 13.2 Å². The molecule has 0 bridgehead atoms. The largest absolute Gasteiger partial charge is 0.416 e. The Morgan fingerprint density at radius 1 is 1.24 bits per heavy atom. The molecule has 1 amide bonds. The van der Waals surface area contributed by atoms with Gasteiger partial charge in [-0.15, -0.1) is 0 Å². The van der Waals surface area contributed by atoms with E-state index >= 15 is 0 Å². The Kier molecular flexibility index (Phi) is 4.96. The summed E-state index contributed by atoms with van der Waals surface area (Å²) in [5, 5.41) is 13.4. The van der Waals surface area contributed by atoms with Gasteiger partial charge in [-0.1, -0.05) is 12.1 Å². The van der Waals surface area contributed by atoms with Crippen LogP contribution in [0.2, 0.25) is 0 Å². The number of carbonyl (C=O) groups excluding carboxylic acids is 1. The van der Waals surface area contributed by atoms with Crippen LogP contribution in [0.25, 0.3) is 0 Å². The van der Waals surface area contributed by atoms with Gasteiger partial charge in [0.1, 0.15) is 5.69 Å². The Morgan fingerprint density at radius 2 is 1.92 bits per heavy atom. The number of nitrogen functional groups attached to an aromatic ring is 1. The van der Waals surface area contributed by atoms with Crippen LogP contribution in [0, 0.1) is 10.1 Å². The Bertz CT molecular complexity index is 822. The number of carbonyl (C=O) groups is 1. The average Bonchev–Trinajstić information content (AvgIpc) is 2.54. The summed E-state index contributed by atoms with van der Waals surface area (Å²) in [5.41, 5.74) is 4.37. The summed E-state index contributed by atoms with van der Waals surface area (Å²) >= 11 is 0. The molecule has 0 aromatic heterocycles. The molecule has 0 spiro atoms. The highest BCUT2D eigenvalue weighted by Gasteiger charge is 2.30. The number of nitro groups is 1. The number of nitro benzene ring substituents is 1. The number of anilines is 1. The Balaban J connectivity index is 2.21. The van der Waals surface area contributed by atoms with Gasteiger partial charge in [0.05, 0.1) is 16.5 Å². The maximum Gasteiger partial charge on any atom is 0.416 e. The van der Waals surface area contributed by atoms with E-state index in [2.05, 4.69) is 5.32 Å². The van der Waals surface area contributed by atoms with Crippen LogP contribution < -0.4 is 11.1 Å². The summed E-state index contributed by atoms with van der Waals surface area (Å²) in [6, 6.07) is 7.38. The lowest BCUT2D eigenvalue weighted by atomic mass is 10.0. The minimum absolute atomic E-state index is 0.0141. The summed E-state index contributed by atoms with van der Waals surface area (Å²) in [6.45, 7) is 1.51. The third-order valence-electron chi connectivity index (χ3n) is 3.55. The summed E-state index contributed by atoms with van der Waals surface area (Å²) in [5.74, 6) is -0.659. The third kappa shape index (κ3) is 4.25. The molecule has 0 aliphatic carbocycles. The van der Waals surface area contributed by atoms with Gasteiger partial charge in [0.2, 0.25) is 0 Å². The first kappa shape index (κ1) is 18.2. The van der Waals surface area contributed by atoms with E-state index in [1.165, 1.54) is 31.2 Å². The molecular formula is C16H14F3N3O3. The maximum atomic E-state index is 12.8. The van der Waals surface area contributed by atoms with Gasteiger partial charge in [0.15, 0.2) is 0 Å². The van der Waals surface area contributed by atoms with Crippen LogP contribution in [0.4, 0.5) is 24.5 Å². The van der Waals surface area contributed by atoms with E-state index < -0.39 is 34.3 Å². The number of hydrogen-bond donors (Lipinski definition) is 2. The van der Waals surface area contributed by atoms with E-state index in [1.807, 2.05) is 0 Å². The van der Waals surface area contributed by atoms with Crippen molar-refractivity contribution >= 4 is 17.3 Å². The van der Waals surface area contributed by atoms with E-state index in [1.54, 1.807) is 0 Å². The molecule has 0 saturated carbocycles. The summed E-state index contributed by atoms with van der Waals surface area (Å²) < 4.78 is 38.3. The van der Waals surface area contributed by atoms with Gasteiger partial charge < -0.3 is 11.1 Å². The zero-order chi connectivity index (χ0) is 18.8. The van der Waals surface area contributed by atoms with Gasteiger partial charge in [-0.25, -0.2) is 0 Å². The number of halogens is 3. The lowest BCUT2D eigenvalue weighted by molar-refractivity contribution is -0.383. The number of hydrogen-bond acceptors (Lipinski definition) is 4. The highest BCUT2D eigenvalue weighted by Crippen LogP contribution is 2.31. The van der Waals surface area contributed by atoms with Crippen LogP contribution in [-0.4, -0.2) is 10.8 Å². The molecule has 2 rings (SSSR count). The lowest BCUT2D eigenvalue weighted by Gasteiger charge is -2.16. The van der Waals surface area contributed by atoms with Crippen LogP contribution in [0.3, 0.4) is 0 Å². The third-order valence-corrected chi connectivity index (χ3v) is 3.55. The molecular weight excluding hydrogens is 339 g/mol. The number of rotatable bonds is 4. The number of alkyl halides is 3. The Morgan fingerprint density at radius 3 is 2.52 bits per heavy atom. The number of benzene rings is 2. The molecule has 1 atom stereocenters. The maximum absolute atomic E-state index is 12.8. The SMILES string of the molecule is CC(NC(=O)c1ccc(N)c([N+](=O)[O-])c1)c1cccc(C(F)(F)F)c1. The van der Waals surface area contributed by atoms with Crippen LogP contribution in [0.5, 0.6) is 0 Å². The number of nitrogens with two attached hydrogens (primary N) is 1. The molecule has 132 valence electrons. The zero-order valence-electron chi connectivity index (χ0n) is 13.0. The van der Waals surface area contributed by atoms with Gasteiger partial charge >= 0.3 is 6.18 Å². The average molecular weight is 353 g/mol. The van der Waals surface area contributed by atoms with Crippen LogP contribution in [0.15, 0.2) is 42.5 Å². The predicted octanol–water partition coefficient (Wildman–Crippen LogP) is 3.69. The number of nitrogens with one attached hydrogen (secondary N) is 1. The van der Waals surface area contributed by atoms with Crippen LogP contribution in [0.1, 0.15) is 34.5 Å². The Labute approximate surface area is 140 Å². The van der Waals surface area contributed by atoms with Crippen molar-refractivity contribution in [3.63, 3.8) is 0 Å². The van der Waals surface area contributed by atoms with Gasteiger partial charge in [0.25, 0.3) is 11.6 Å². The highest BCUT2D eigenvalue weighted by molar-refractivity contribution is 5.95. The van der Waals surface area contributed by atoms with Gasteiger partial charge in [-0.3, -0.25) is 14.9 Å². The molecule has 1 unspecified atom stereocenters. The molecule has 3 N–H and O–H groups in total. The first-order chi connectivity index (χ1) is 11.6. The van der Waals surface area contributed by atoms with Crippen LogP contribution in [-0.2, 0) is 6.18 Å². The first-order valence-corrected chi connectivity index (χ1v) is 7.11. The normalized spacial score (nSPS) is 12.5. The summed E-state index contributed by atoms with van der Waals surface area (Å²) in [7, 11) is 0. The first-order valence-electron chi connectivity index (χ1n) is 7.11.